The summed E-state index contributed by atoms with van der Waals surface area (Å²) < 4.78 is 5.06. The van der Waals surface area contributed by atoms with Crippen molar-refractivity contribution in [1.82, 2.24) is 0 Å². The summed E-state index contributed by atoms with van der Waals surface area (Å²) in [6, 6.07) is 16.7. The van der Waals surface area contributed by atoms with E-state index in [1.807, 2.05) is 30.3 Å². The Balaban J connectivity index is 2.13. The van der Waals surface area contributed by atoms with Crippen LogP contribution >= 0.6 is 0 Å². The van der Waals surface area contributed by atoms with Crippen LogP contribution < -0.4 is 10.1 Å². The molecule has 2 rings (SSSR count). The van der Waals surface area contributed by atoms with Gasteiger partial charge in [0.15, 0.2) is 0 Å². The van der Waals surface area contributed by atoms with Crippen molar-refractivity contribution >= 4 is 17.7 Å². The number of methoxy groups -OCH3 is 1. The van der Waals surface area contributed by atoms with Crippen molar-refractivity contribution in [3.8, 4) is 11.8 Å². The number of aryl methyl sites for hydroxylation is 1. The molecule has 1 amide bonds. The lowest BCUT2D eigenvalue weighted by molar-refractivity contribution is -0.112. The third kappa shape index (κ3) is 4.45. The maximum absolute atomic E-state index is 12.2. The number of nitriles is 1. The summed E-state index contributed by atoms with van der Waals surface area (Å²) in [4.78, 5) is 12.2. The largest absolute Gasteiger partial charge is 0.497 e. The van der Waals surface area contributed by atoms with Crippen LogP contribution in [-0.2, 0) is 11.2 Å². The third-order valence-corrected chi connectivity index (χ3v) is 3.41. The first kappa shape index (κ1) is 16.3. The minimum atomic E-state index is -0.433. The number of benzene rings is 2. The van der Waals surface area contributed by atoms with Gasteiger partial charge in [-0.3, -0.25) is 4.79 Å². The first-order valence-corrected chi connectivity index (χ1v) is 7.32. The Kier molecular flexibility index (Phi) is 5.54. The van der Waals surface area contributed by atoms with E-state index >= 15 is 0 Å². The van der Waals surface area contributed by atoms with Crippen molar-refractivity contribution in [1.29, 1.82) is 5.26 Å². The van der Waals surface area contributed by atoms with Crippen molar-refractivity contribution in [2.24, 2.45) is 0 Å². The molecule has 0 aromatic heterocycles. The minimum Gasteiger partial charge on any atom is -0.497 e. The van der Waals surface area contributed by atoms with E-state index in [4.69, 9.17) is 4.74 Å². The van der Waals surface area contributed by atoms with Gasteiger partial charge in [-0.1, -0.05) is 31.2 Å². The third-order valence-electron chi connectivity index (χ3n) is 3.41. The maximum Gasteiger partial charge on any atom is 0.266 e. The molecule has 0 fully saturated rings. The SMILES string of the molecule is CCc1ccc(/C=C(/C#N)C(=O)Nc2ccc(OC)cc2)cc1. The summed E-state index contributed by atoms with van der Waals surface area (Å²) in [5, 5.41) is 11.9. The van der Waals surface area contributed by atoms with E-state index in [1.54, 1.807) is 37.5 Å². The Labute approximate surface area is 136 Å². The molecule has 0 radical (unpaired) electrons. The Bertz CT molecular complexity index is 738. The van der Waals surface area contributed by atoms with Crippen LogP contribution in [0.1, 0.15) is 18.1 Å². The molecule has 0 bridgehead atoms. The number of amides is 1. The number of carbonyl (C=O) groups is 1. The number of hydrogen-bond acceptors (Lipinski definition) is 3. The molecule has 116 valence electrons. The van der Waals surface area contributed by atoms with Gasteiger partial charge in [0.25, 0.3) is 5.91 Å². The zero-order chi connectivity index (χ0) is 16.7. The van der Waals surface area contributed by atoms with E-state index in [2.05, 4.69) is 12.2 Å². The number of anilines is 1. The van der Waals surface area contributed by atoms with Gasteiger partial charge in [0, 0.05) is 5.69 Å². The van der Waals surface area contributed by atoms with Crippen molar-refractivity contribution in [2.75, 3.05) is 12.4 Å². The molecular weight excluding hydrogens is 288 g/mol. The predicted molar refractivity (Wildman–Crippen MR) is 91.0 cm³/mol. The number of ether oxygens (including phenoxy) is 1. The Morgan fingerprint density at radius 1 is 1.17 bits per heavy atom. The van der Waals surface area contributed by atoms with Gasteiger partial charge in [0.05, 0.1) is 7.11 Å². The summed E-state index contributed by atoms with van der Waals surface area (Å²) in [7, 11) is 1.58. The van der Waals surface area contributed by atoms with E-state index in [-0.39, 0.29) is 5.57 Å². The van der Waals surface area contributed by atoms with Gasteiger partial charge in [0.1, 0.15) is 17.4 Å². The van der Waals surface area contributed by atoms with Crippen LogP contribution in [0.4, 0.5) is 5.69 Å². The van der Waals surface area contributed by atoms with E-state index in [1.165, 1.54) is 5.56 Å². The summed E-state index contributed by atoms with van der Waals surface area (Å²) in [5.74, 6) is 0.271. The van der Waals surface area contributed by atoms with Gasteiger partial charge in [-0.2, -0.15) is 5.26 Å². The monoisotopic (exact) mass is 306 g/mol. The molecular formula is C19H18N2O2. The molecule has 0 saturated heterocycles. The maximum atomic E-state index is 12.2. The molecule has 2 aromatic rings. The summed E-state index contributed by atoms with van der Waals surface area (Å²) in [5.41, 5.74) is 2.70. The number of hydrogen-bond donors (Lipinski definition) is 1. The normalized spacial score (nSPS) is 10.7. The smallest absolute Gasteiger partial charge is 0.266 e. The molecule has 0 atom stereocenters. The van der Waals surface area contributed by atoms with Crippen molar-refractivity contribution in [2.45, 2.75) is 13.3 Å². The van der Waals surface area contributed by atoms with Crippen LogP contribution in [0.3, 0.4) is 0 Å². The average Bonchev–Trinajstić information content (AvgIpc) is 2.60. The van der Waals surface area contributed by atoms with Crippen LogP contribution in [0.2, 0.25) is 0 Å². The minimum absolute atomic E-state index is 0.0602. The average molecular weight is 306 g/mol. The molecule has 4 heteroatoms. The lowest BCUT2D eigenvalue weighted by Crippen LogP contribution is -2.13. The van der Waals surface area contributed by atoms with Crippen LogP contribution in [0.5, 0.6) is 5.75 Å². The second-order valence-corrected chi connectivity index (χ2v) is 4.95. The highest BCUT2D eigenvalue weighted by atomic mass is 16.5. The highest BCUT2D eigenvalue weighted by molar-refractivity contribution is 6.09. The highest BCUT2D eigenvalue weighted by Gasteiger charge is 2.09. The molecule has 0 aliphatic carbocycles. The number of nitrogens with zero attached hydrogens (tertiary/aromatic N) is 1. The van der Waals surface area contributed by atoms with Gasteiger partial charge in [0.2, 0.25) is 0 Å². The second-order valence-electron chi connectivity index (χ2n) is 4.95. The van der Waals surface area contributed by atoms with Gasteiger partial charge < -0.3 is 10.1 Å². The molecule has 0 saturated carbocycles. The van der Waals surface area contributed by atoms with Gasteiger partial charge in [-0.25, -0.2) is 0 Å². The van der Waals surface area contributed by atoms with Gasteiger partial charge >= 0.3 is 0 Å². The molecule has 2 aromatic carbocycles. The molecule has 4 nitrogen and oxygen atoms in total. The number of rotatable bonds is 5. The first-order valence-electron chi connectivity index (χ1n) is 7.32. The van der Waals surface area contributed by atoms with Crippen molar-refractivity contribution in [3.05, 3.63) is 65.2 Å². The van der Waals surface area contributed by atoms with Crippen molar-refractivity contribution in [3.63, 3.8) is 0 Å². The summed E-state index contributed by atoms with van der Waals surface area (Å²) >= 11 is 0. The van der Waals surface area contributed by atoms with E-state index in [9.17, 15) is 10.1 Å². The standard InChI is InChI=1S/C19H18N2O2/c1-3-14-4-6-15(7-5-14)12-16(13-20)19(22)21-17-8-10-18(23-2)11-9-17/h4-12H,3H2,1-2H3,(H,21,22)/b16-12-. The fourth-order valence-electron chi connectivity index (χ4n) is 2.04. The van der Waals surface area contributed by atoms with E-state index < -0.39 is 5.91 Å². The quantitative estimate of drug-likeness (QED) is 0.675. The number of nitrogens with one attached hydrogen (secondary N) is 1. The lowest BCUT2D eigenvalue weighted by Gasteiger charge is -2.05. The fraction of sp³-hybridized carbons (Fsp3) is 0.158. The Hall–Kier alpha value is -3.06. The first-order chi connectivity index (χ1) is 11.2. The van der Waals surface area contributed by atoms with Crippen LogP contribution in [0.25, 0.3) is 6.08 Å². The van der Waals surface area contributed by atoms with Crippen LogP contribution in [-0.4, -0.2) is 13.0 Å². The Morgan fingerprint density at radius 3 is 2.35 bits per heavy atom. The van der Waals surface area contributed by atoms with E-state index in [0.717, 1.165) is 12.0 Å². The molecule has 0 spiro atoms. The fourth-order valence-corrected chi connectivity index (χ4v) is 2.04. The van der Waals surface area contributed by atoms with E-state index in [0.29, 0.717) is 11.4 Å². The predicted octanol–water partition coefficient (Wildman–Crippen LogP) is 3.80. The highest BCUT2D eigenvalue weighted by Crippen LogP contribution is 2.16. The zero-order valence-corrected chi connectivity index (χ0v) is 13.2. The lowest BCUT2D eigenvalue weighted by atomic mass is 10.1. The molecule has 23 heavy (non-hydrogen) atoms. The van der Waals surface area contributed by atoms with Gasteiger partial charge in [-0.05, 0) is 47.9 Å². The number of carbonyl (C=O) groups excluding carboxylic acids is 1. The zero-order valence-electron chi connectivity index (χ0n) is 13.2. The molecule has 0 unspecified atom stereocenters. The van der Waals surface area contributed by atoms with Crippen LogP contribution in [0, 0.1) is 11.3 Å². The summed E-state index contributed by atoms with van der Waals surface area (Å²) in [6.45, 7) is 2.08. The van der Waals surface area contributed by atoms with Crippen LogP contribution in [0.15, 0.2) is 54.1 Å². The Morgan fingerprint density at radius 2 is 1.83 bits per heavy atom. The van der Waals surface area contributed by atoms with Gasteiger partial charge in [-0.15, -0.1) is 0 Å². The van der Waals surface area contributed by atoms with Crippen molar-refractivity contribution < 1.29 is 9.53 Å². The molecule has 0 aliphatic rings. The molecule has 0 heterocycles. The summed E-state index contributed by atoms with van der Waals surface area (Å²) in [6.07, 6.45) is 2.53. The second kappa shape index (κ2) is 7.81. The topological polar surface area (TPSA) is 62.1 Å². The molecule has 0 aliphatic heterocycles. The molecule has 1 N–H and O–H groups in total.